The summed E-state index contributed by atoms with van der Waals surface area (Å²) in [5.41, 5.74) is 11.0. The Labute approximate surface area is 458 Å². The molecule has 392 valence electrons. The van der Waals surface area contributed by atoms with Gasteiger partial charge in [0.1, 0.15) is 22.7 Å². The topological polar surface area (TPSA) is 25.8 Å². The molecule has 0 atom stereocenters. The van der Waals surface area contributed by atoms with Crippen LogP contribution >= 0.6 is 57.1 Å². The lowest BCUT2D eigenvalue weighted by Gasteiger charge is -2.31. The molecule has 0 saturated heterocycles. The first-order valence-corrected chi connectivity index (χ1v) is 32.9. The van der Waals surface area contributed by atoms with Crippen LogP contribution in [-0.2, 0) is 10.8 Å². The highest BCUT2D eigenvalue weighted by Crippen LogP contribution is 2.63. The van der Waals surface area contributed by atoms with E-state index in [2.05, 4.69) is 71.0 Å². The first kappa shape index (κ1) is 54.7. The van der Waals surface area contributed by atoms with E-state index in [4.69, 9.17) is 8.75 Å². The molecule has 2 aliphatic rings. The van der Waals surface area contributed by atoms with E-state index in [0.29, 0.717) is 11.1 Å². The van der Waals surface area contributed by atoms with Gasteiger partial charge in [-0.1, -0.05) is 194 Å². The largest absolute Gasteiger partial charge is 0.207 e. The Morgan fingerprint density at radius 2 is 0.726 bits per heavy atom. The number of aryl methyl sites for hydroxylation is 2. The van der Waals surface area contributed by atoms with Crippen LogP contribution in [0.15, 0.2) is 48.5 Å². The van der Waals surface area contributed by atoms with Gasteiger partial charge in [0.15, 0.2) is 0 Å². The van der Waals surface area contributed by atoms with E-state index < -0.39 is 0 Å². The predicted octanol–water partition coefficient (Wildman–Crippen LogP) is 23.4. The van der Waals surface area contributed by atoms with Crippen molar-refractivity contribution in [1.82, 2.24) is 8.75 Å². The first-order chi connectivity index (χ1) is 35.7. The van der Waals surface area contributed by atoms with Gasteiger partial charge in [-0.15, -0.1) is 45.3 Å². The lowest BCUT2D eigenvalue weighted by Crippen LogP contribution is -2.25. The molecule has 0 N–H and O–H groups in total. The number of aromatic nitrogens is 2. The zero-order valence-electron chi connectivity index (χ0n) is 45.1. The number of rotatable bonds is 31. The van der Waals surface area contributed by atoms with Gasteiger partial charge >= 0.3 is 0 Å². The lowest BCUT2D eigenvalue weighted by atomic mass is 9.71. The number of fused-ring (bicyclic) bond motifs is 7. The van der Waals surface area contributed by atoms with E-state index in [-0.39, 0.29) is 22.5 Å². The van der Waals surface area contributed by atoms with Crippen molar-refractivity contribution in [3.63, 3.8) is 0 Å². The fraction of sp³-hybridized carbons (Fsp3) is 0.562. The van der Waals surface area contributed by atoms with Crippen molar-refractivity contribution >= 4 is 68.1 Å². The van der Waals surface area contributed by atoms with Gasteiger partial charge in [-0.05, 0) is 104 Å². The minimum Gasteiger partial charge on any atom is -0.207 e. The molecule has 2 aromatic carbocycles. The zero-order chi connectivity index (χ0) is 51.0. The summed E-state index contributed by atoms with van der Waals surface area (Å²) in [6.07, 6.45) is 35.4. The third-order valence-corrected chi connectivity index (χ3v) is 22.2. The zero-order valence-corrected chi connectivity index (χ0v) is 49.2. The van der Waals surface area contributed by atoms with Gasteiger partial charge < -0.3 is 0 Å². The molecule has 9 rings (SSSR count). The maximum absolute atomic E-state index is 15.8. The Hall–Kier alpha value is -3.08. The predicted molar refractivity (Wildman–Crippen MR) is 319 cm³/mol. The minimum atomic E-state index is -0.349. The fourth-order valence-electron chi connectivity index (χ4n) is 12.7. The van der Waals surface area contributed by atoms with E-state index in [1.165, 1.54) is 229 Å². The maximum atomic E-state index is 15.8. The summed E-state index contributed by atoms with van der Waals surface area (Å²) >= 11 is 8.90. The molecule has 0 unspecified atom stereocenters. The van der Waals surface area contributed by atoms with E-state index in [9.17, 15) is 0 Å². The average Bonchev–Trinajstić information content (AvgIpc) is 4.27. The number of nitrogens with zero attached hydrogens (tertiary/aromatic N) is 2. The van der Waals surface area contributed by atoms with Crippen molar-refractivity contribution < 1.29 is 8.78 Å². The van der Waals surface area contributed by atoms with Crippen LogP contribution in [-0.4, -0.2) is 8.75 Å². The van der Waals surface area contributed by atoms with Gasteiger partial charge in [0.2, 0.25) is 0 Å². The molecule has 5 aromatic heterocycles. The van der Waals surface area contributed by atoms with Gasteiger partial charge in [-0.25, -0.2) is 8.78 Å². The SMILES string of the molecule is CCCCCCCCC1(CCCCCCCC)c2cc(C)sc2-c2sc(-c3ccc(-c4cc5c(s4)-c4sc(-c6cc(F)c(C)cc6F)cc4C5(CCCCCCCC)CCCCCCCC)c4nsnc34)cc21. The molecule has 0 bridgehead atoms. The number of benzene rings is 2. The summed E-state index contributed by atoms with van der Waals surface area (Å²) in [5, 5.41) is 0. The molecule has 7 aromatic rings. The van der Waals surface area contributed by atoms with E-state index in [1.807, 2.05) is 34.0 Å². The second-order valence-electron chi connectivity index (χ2n) is 22.1. The molecular weight excluding hydrogens is 995 g/mol. The Morgan fingerprint density at radius 1 is 0.384 bits per heavy atom. The Bertz CT molecular complexity index is 2870. The Morgan fingerprint density at radius 3 is 1.12 bits per heavy atom. The number of hydrogen-bond donors (Lipinski definition) is 0. The summed E-state index contributed by atoms with van der Waals surface area (Å²) in [6.45, 7) is 13.2. The molecule has 0 amide bonds. The molecule has 0 fully saturated rings. The number of halogens is 2. The Balaban J connectivity index is 1.09. The van der Waals surface area contributed by atoms with Gasteiger partial charge in [0, 0.05) is 66.5 Å². The van der Waals surface area contributed by atoms with Crippen LogP contribution in [0.1, 0.15) is 240 Å². The molecule has 0 aliphatic heterocycles. The number of unbranched alkanes of at least 4 members (excludes halogenated alkanes) is 20. The van der Waals surface area contributed by atoms with Crippen LogP contribution in [0.3, 0.4) is 0 Å². The van der Waals surface area contributed by atoms with Gasteiger partial charge in [-0.2, -0.15) is 8.75 Å². The van der Waals surface area contributed by atoms with Crippen LogP contribution in [0.2, 0.25) is 0 Å². The van der Waals surface area contributed by atoms with E-state index >= 15 is 8.78 Å². The smallest absolute Gasteiger partial charge is 0.132 e. The highest BCUT2D eigenvalue weighted by molar-refractivity contribution is 7.26. The molecule has 9 heteroatoms. The van der Waals surface area contributed by atoms with Crippen molar-refractivity contribution in [3.05, 3.63) is 92.9 Å². The van der Waals surface area contributed by atoms with Crippen molar-refractivity contribution in [2.45, 2.75) is 232 Å². The van der Waals surface area contributed by atoms with E-state index in [1.54, 1.807) is 29.4 Å². The molecule has 2 nitrogen and oxygen atoms in total. The first-order valence-electron chi connectivity index (χ1n) is 28.9. The third-order valence-electron chi connectivity index (χ3n) is 16.8. The number of hydrogen-bond acceptors (Lipinski definition) is 7. The summed E-state index contributed by atoms with van der Waals surface area (Å²) < 4.78 is 41.3. The van der Waals surface area contributed by atoms with Crippen LogP contribution in [0.25, 0.3) is 61.9 Å². The normalized spacial score (nSPS) is 14.1. The highest BCUT2D eigenvalue weighted by Gasteiger charge is 2.47. The second kappa shape index (κ2) is 25.4. The molecule has 0 spiro atoms. The monoisotopic (exact) mass is 1080 g/mol. The van der Waals surface area contributed by atoms with Crippen molar-refractivity contribution in [2.75, 3.05) is 0 Å². The van der Waals surface area contributed by atoms with Crippen LogP contribution in [0.5, 0.6) is 0 Å². The van der Waals surface area contributed by atoms with E-state index in [0.717, 1.165) is 47.2 Å². The highest BCUT2D eigenvalue weighted by atomic mass is 32.1. The molecule has 5 heterocycles. The number of thiophene rings is 4. The lowest BCUT2D eigenvalue weighted by molar-refractivity contribution is 0.398. The maximum Gasteiger partial charge on any atom is 0.132 e. The summed E-state index contributed by atoms with van der Waals surface area (Å²) in [4.78, 5) is 10.4. The summed E-state index contributed by atoms with van der Waals surface area (Å²) in [5.74, 6) is -0.692. The molecule has 0 radical (unpaired) electrons. The third kappa shape index (κ3) is 11.5. The quantitative estimate of drug-likeness (QED) is 0.0405. The Kier molecular flexibility index (Phi) is 19.0. The fourth-order valence-corrected chi connectivity index (χ4v) is 18.6. The van der Waals surface area contributed by atoms with Crippen molar-refractivity contribution in [2.24, 2.45) is 0 Å². The summed E-state index contributed by atoms with van der Waals surface area (Å²) in [6, 6.07) is 17.5. The minimum absolute atomic E-state index is 0.0774. The van der Waals surface area contributed by atoms with Gasteiger partial charge in [-0.3, -0.25) is 0 Å². The van der Waals surface area contributed by atoms with Crippen molar-refractivity contribution in [1.29, 1.82) is 0 Å². The second-order valence-corrected chi connectivity index (χ2v) is 27.0. The molecule has 0 saturated carbocycles. The molecule has 73 heavy (non-hydrogen) atoms. The average molecular weight is 1080 g/mol. The van der Waals surface area contributed by atoms with Crippen LogP contribution in [0, 0.1) is 25.5 Å². The molecule has 2 aliphatic carbocycles. The van der Waals surface area contributed by atoms with Gasteiger partial charge in [0.05, 0.1) is 11.7 Å². The molecular formula is C64H82F2N2S5. The van der Waals surface area contributed by atoms with Crippen molar-refractivity contribution in [3.8, 4) is 50.8 Å². The summed E-state index contributed by atoms with van der Waals surface area (Å²) in [7, 11) is 0. The van der Waals surface area contributed by atoms with Crippen LogP contribution in [0.4, 0.5) is 8.78 Å². The van der Waals surface area contributed by atoms with Crippen LogP contribution < -0.4 is 0 Å². The standard InChI is InChI=1S/C64H82F2N2S5/c1-7-11-15-19-23-27-33-63(34-28-24-20-16-12-8-2)48-38-44(6)69-59(48)60-49(63)40-54(70-60)45-31-32-46(58-57(45)67-73-68-58)55-41-50-61(71-55)62-51(42-56(72-62)47-39-52(65)43(5)37-53(47)66)64(50,35-29-25-21-17-13-9-3)36-30-26-22-18-14-10-4/h31-32,37-42H,7-30,33-36H2,1-6H3. The van der Waals surface area contributed by atoms with Gasteiger partial charge in [0.25, 0.3) is 0 Å².